The molecule has 2 fully saturated rings. The highest BCUT2D eigenvalue weighted by atomic mass is 16.8. The fourth-order valence-electron chi connectivity index (χ4n) is 10.8. The van der Waals surface area contributed by atoms with Crippen molar-refractivity contribution in [3.63, 3.8) is 0 Å². The van der Waals surface area contributed by atoms with Gasteiger partial charge in [0.15, 0.2) is 36.6 Å². The molecule has 4 N–H and O–H groups in total. The Hall–Kier alpha value is -4.52. The lowest BCUT2D eigenvalue weighted by molar-refractivity contribution is -0.446. The minimum Gasteiger partial charge on any atom is -0.463 e. The molecule has 0 aliphatic carbocycles. The quantitative estimate of drug-likeness (QED) is 0.0250. The summed E-state index contributed by atoms with van der Waals surface area (Å²) in [5.41, 5.74) is 0. The highest BCUT2D eigenvalue weighted by Crippen LogP contribution is 2.44. The van der Waals surface area contributed by atoms with Gasteiger partial charge in [0.1, 0.15) is 43.7 Å². The minimum atomic E-state index is -3.36. The average Bonchev–Trinajstić information content (AvgIpc) is 0.788. The third kappa shape index (κ3) is 31.5. The predicted molar refractivity (Wildman–Crippen MR) is 335 cm³/mol. The number of carbonyl (C=O) groups excluding carboxylic acids is 8. The second-order valence-electron chi connectivity index (χ2n) is 24.3. The van der Waals surface area contributed by atoms with E-state index in [1.807, 2.05) is 55.4 Å². The number of rotatable bonds is 52. The fourth-order valence-corrected chi connectivity index (χ4v) is 10.8. The minimum absolute atomic E-state index is 0.0381. The van der Waals surface area contributed by atoms with Crippen molar-refractivity contribution < 1.29 is 111 Å². The van der Waals surface area contributed by atoms with E-state index < -0.39 is 147 Å². The number of unbranched alkanes of at least 4 members (excludes halogenated alkanes) is 20. The van der Waals surface area contributed by atoms with E-state index in [0.29, 0.717) is 116 Å². The maximum atomic E-state index is 14.7. The van der Waals surface area contributed by atoms with Gasteiger partial charge in [-0.3, -0.25) is 38.4 Å². The van der Waals surface area contributed by atoms with Crippen LogP contribution in [0.15, 0.2) is 0 Å². The molecule has 2 saturated heterocycles. The van der Waals surface area contributed by atoms with Crippen molar-refractivity contribution in [2.24, 2.45) is 0 Å². The van der Waals surface area contributed by atoms with Crippen molar-refractivity contribution in [2.75, 3.05) is 19.8 Å². The standard InChI is InChI=1S/C68H118O23/c1-9-17-25-27-35-43-57(77)88-64-62(86-55(75)41-33-23-15-7)60(84-53(73)39-31-21-13-5)49(46-81-51(71)37-29-19-11-3)83-67(64)91-68(65(80)59(79)48(70)45-69)66(89-58(78)44-36-28-26-18-10-2)63(87-56(76)42-34-24-16-8)61(85-54(74)40-32-22-14-6)50(90-68)47-82-52(72)38-30-20-12-4/h48-50,59-67,69-70,79-80H,9-47H2,1-8H3/t48-,49-,50-,59-,60-,61-,62+,63+,64+,65?,66+,67+,68+/m1/s1. The van der Waals surface area contributed by atoms with E-state index in [0.717, 1.165) is 57.8 Å². The largest absolute Gasteiger partial charge is 0.463 e. The monoisotopic (exact) mass is 1300 g/mol. The lowest BCUT2D eigenvalue weighted by atomic mass is 9.85. The molecular formula is C68H118O23. The predicted octanol–water partition coefficient (Wildman–Crippen LogP) is 10.7. The maximum absolute atomic E-state index is 14.7. The van der Waals surface area contributed by atoms with Gasteiger partial charge in [0.05, 0.1) is 6.61 Å². The van der Waals surface area contributed by atoms with Crippen molar-refractivity contribution in [1.29, 1.82) is 0 Å². The van der Waals surface area contributed by atoms with E-state index >= 15 is 0 Å². The molecule has 0 aromatic heterocycles. The molecule has 0 radical (unpaired) electrons. The summed E-state index contributed by atoms with van der Waals surface area (Å²) < 4.78 is 70.1. The van der Waals surface area contributed by atoms with Crippen LogP contribution in [0.2, 0.25) is 0 Å². The Morgan fingerprint density at radius 3 is 1.04 bits per heavy atom. The summed E-state index contributed by atoms with van der Waals surface area (Å²) in [6, 6.07) is 0. The Morgan fingerprint density at radius 2 is 0.659 bits per heavy atom. The van der Waals surface area contributed by atoms with Crippen LogP contribution in [-0.2, 0) is 90.5 Å². The summed E-state index contributed by atoms with van der Waals surface area (Å²) in [6.07, 6.45) is -9.92. The van der Waals surface area contributed by atoms with Crippen LogP contribution >= 0.6 is 0 Å². The smallest absolute Gasteiger partial charge is 0.306 e. The molecule has 2 rings (SSSR count). The Morgan fingerprint density at radius 1 is 0.363 bits per heavy atom. The van der Waals surface area contributed by atoms with E-state index in [4.69, 9.17) is 52.1 Å². The zero-order chi connectivity index (χ0) is 67.4. The van der Waals surface area contributed by atoms with Gasteiger partial charge < -0.3 is 72.5 Å². The first-order valence-electron chi connectivity index (χ1n) is 35.0. The molecule has 528 valence electrons. The second kappa shape index (κ2) is 49.1. The van der Waals surface area contributed by atoms with Crippen molar-refractivity contribution in [3.05, 3.63) is 0 Å². The number of hydrogen-bond donors (Lipinski definition) is 4. The van der Waals surface area contributed by atoms with Gasteiger partial charge >= 0.3 is 47.8 Å². The normalized spacial score (nSPS) is 23.2. The van der Waals surface area contributed by atoms with E-state index in [1.54, 1.807) is 0 Å². The van der Waals surface area contributed by atoms with Gasteiger partial charge in [0, 0.05) is 51.4 Å². The van der Waals surface area contributed by atoms with Gasteiger partial charge in [0.2, 0.25) is 12.1 Å². The molecule has 1 unspecified atom stereocenters. The Kier molecular flexibility index (Phi) is 44.5. The molecule has 2 heterocycles. The molecule has 23 nitrogen and oxygen atoms in total. The third-order valence-electron chi connectivity index (χ3n) is 16.2. The molecule has 0 aromatic carbocycles. The number of aliphatic hydroxyl groups is 4. The van der Waals surface area contributed by atoms with Gasteiger partial charge in [-0.2, -0.15) is 0 Å². The maximum Gasteiger partial charge on any atom is 0.306 e. The molecule has 91 heavy (non-hydrogen) atoms. The molecule has 0 aromatic rings. The van der Waals surface area contributed by atoms with Crippen LogP contribution in [0, 0.1) is 0 Å². The van der Waals surface area contributed by atoms with Crippen molar-refractivity contribution in [3.8, 4) is 0 Å². The fraction of sp³-hybridized carbons (Fsp3) is 0.882. The summed E-state index contributed by atoms with van der Waals surface area (Å²) in [5.74, 6) is -10.1. The number of carbonyl (C=O) groups is 8. The van der Waals surface area contributed by atoms with Crippen LogP contribution in [0.4, 0.5) is 0 Å². The Bertz CT molecular complexity index is 2040. The van der Waals surface area contributed by atoms with Crippen molar-refractivity contribution in [2.45, 2.75) is 366 Å². The third-order valence-corrected chi connectivity index (χ3v) is 16.2. The molecule has 0 amide bonds. The summed E-state index contributed by atoms with van der Waals surface area (Å²) in [7, 11) is 0. The van der Waals surface area contributed by atoms with E-state index in [-0.39, 0.29) is 57.8 Å². The van der Waals surface area contributed by atoms with Crippen LogP contribution < -0.4 is 0 Å². The first-order valence-corrected chi connectivity index (χ1v) is 35.0. The highest BCUT2D eigenvalue weighted by molar-refractivity contribution is 5.73. The first kappa shape index (κ1) is 82.6. The number of ether oxygens (including phenoxy) is 11. The zero-order valence-corrected chi connectivity index (χ0v) is 56.6. The van der Waals surface area contributed by atoms with Crippen LogP contribution in [-0.4, -0.2) is 167 Å². The highest BCUT2D eigenvalue weighted by Gasteiger charge is 2.68. The molecular weight excluding hydrogens is 1180 g/mol. The Labute approximate surface area is 542 Å². The summed E-state index contributed by atoms with van der Waals surface area (Å²) in [6.45, 7) is 12.8. The van der Waals surface area contributed by atoms with Crippen LogP contribution in [0.1, 0.15) is 287 Å². The number of esters is 8. The van der Waals surface area contributed by atoms with Crippen LogP contribution in [0.5, 0.6) is 0 Å². The van der Waals surface area contributed by atoms with Gasteiger partial charge in [-0.25, -0.2) is 0 Å². The molecule has 2 aliphatic rings. The van der Waals surface area contributed by atoms with Crippen molar-refractivity contribution >= 4 is 47.8 Å². The molecule has 0 saturated carbocycles. The molecule has 23 heteroatoms. The summed E-state index contributed by atoms with van der Waals surface area (Å²) in [5, 5.41) is 47.2. The number of hydrogen-bond acceptors (Lipinski definition) is 23. The van der Waals surface area contributed by atoms with Gasteiger partial charge in [-0.05, 0) is 51.4 Å². The number of aliphatic hydroxyl groups excluding tert-OH is 4. The van der Waals surface area contributed by atoms with Crippen LogP contribution in [0.3, 0.4) is 0 Å². The Balaban J connectivity index is 3.42. The zero-order valence-electron chi connectivity index (χ0n) is 56.6. The average molecular weight is 1300 g/mol. The van der Waals surface area contributed by atoms with Gasteiger partial charge in [0.25, 0.3) is 0 Å². The molecule has 13 atom stereocenters. The van der Waals surface area contributed by atoms with Crippen molar-refractivity contribution in [1.82, 2.24) is 0 Å². The molecule has 0 bridgehead atoms. The lowest BCUT2D eigenvalue weighted by Gasteiger charge is -2.55. The van der Waals surface area contributed by atoms with Gasteiger partial charge in [-0.15, -0.1) is 0 Å². The van der Waals surface area contributed by atoms with E-state index in [9.17, 15) is 58.8 Å². The first-order chi connectivity index (χ1) is 43.8. The molecule has 2 aliphatic heterocycles. The van der Waals surface area contributed by atoms with Crippen LogP contribution in [0.25, 0.3) is 0 Å². The second-order valence-corrected chi connectivity index (χ2v) is 24.3. The lowest BCUT2D eigenvalue weighted by Crippen LogP contribution is -2.76. The summed E-state index contributed by atoms with van der Waals surface area (Å²) >= 11 is 0. The molecule has 0 spiro atoms. The summed E-state index contributed by atoms with van der Waals surface area (Å²) in [4.78, 5) is 114. The topological polar surface area (TPSA) is 319 Å². The van der Waals surface area contributed by atoms with E-state index in [2.05, 4.69) is 0 Å². The van der Waals surface area contributed by atoms with E-state index in [1.165, 1.54) is 0 Å². The van der Waals surface area contributed by atoms with Gasteiger partial charge in [-0.1, -0.05) is 184 Å². The SMILES string of the molecule is CCCCCCCC(=O)O[C@@H]1[C@H](O[C@]2(C(O)[C@H](O)[C@H](O)CO)O[C@H](COC(=O)CCCCC)[C@@H](OC(=O)CCCCC)[C@H](OC(=O)CCCCC)[C@@H]2OC(=O)CCCCCCC)O[C@H](COC(=O)CCCCC)[C@@H](OC(=O)CCCCC)[C@@H]1OC(=O)CCCCC.